The zero-order valence-corrected chi connectivity index (χ0v) is 11.2. The summed E-state index contributed by atoms with van der Waals surface area (Å²) in [6, 6.07) is 0. The molecule has 0 aromatic rings. The molecule has 0 radical (unpaired) electrons. The first-order valence-corrected chi connectivity index (χ1v) is 5.54. The van der Waals surface area contributed by atoms with Gasteiger partial charge in [-0.3, -0.25) is 0 Å². The predicted octanol–water partition coefficient (Wildman–Crippen LogP) is 5.77. The van der Waals surface area contributed by atoms with Crippen LogP contribution < -0.4 is 0 Å². The molecule has 0 bridgehead atoms. The van der Waals surface area contributed by atoms with Crippen molar-refractivity contribution in [2.45, 2.75) is 35.7 Å². The Labute approximate surface area is 121 Å². The summed E-state index contributed by atoms with van der Waals surface area (Å²) in [5.41, 5.74) is 0. The standard InChI is InChI=1S/C8H4Cl3F9/c9-3(10)1-6(15,16)8(19,20)4(12)5(13,14)2-7(11,17)18/h1,4H,2H2. The SMILES string of the molecule is FC(C(F)(F)CC(F)(F)Cl)C(F)(F)C(F)(F)C=C(Cl)Cl. The van der Waals surface area contributed by atoms with Gasteiger partial charge in [0.2, 0.25) is 6.17 Å². The van der Waals surface area contributed by atoms with Crippen molar-refractivity contribution in [3.05, 3.63) is 10.6 Å². The molecule has 20 heavy (non-hydrogen) atoms. The number of rotatable bonds is 6. The summed E-state index contributed by atoms with van der Waals surface area (Å²) in [7, 11) is 0. The zero-order valence-electron chi connectivity index (χ0n) is 8.90. The quantitative estimate of drug-likeness (QED) is 0.407. The molecule has 1 unspecified atom stereocenters. The molecule has 0 spiro atoms. The highest BCUT2D eigenvalue weighted by Crippen LogP contribution is 2.48. The first kappa shape index (κ1) is 20.0. The fraction of sp³-hybridized carbons (Fsp3) is 0.750. The van der Waals surface area contributed by atoms with Gasteiger partial charge in [-0.2, -0.15) is 26.3 Å². The van der Waals surface area contributed by atoms with E-state index in [0.717, 1.165) is 0 Å². The van der Waals surface area contributed by atoms with Crippen molar-refractivity contribution < 1.29 is 39.5 Å². The summed E-state index contributed by atoms with van der Waals surface area (Å²) < 4.78 is 113. The lowest BCUT2D eigenvalue weighted by Gasteiger charge is -2.32. The normalized spacial score (nSPS) is 16.0. The molecule has 0 N–H and O–H groups in total. The van der Waals surface area contributed by atoms with Crippen LogP contribution in [0.4, 0.5) is 39.5 Å². The molecule has 0 aliphatic heterocycles. The smallest absolute Gasteiger partial charge is 0.234 e. The lowest BCUT2D eigenvalue weighted by atomic mass is 9.99. The highest BCUT2D eigenvalue weighted by Gasteiger charge is 2.69. The van der Waals surface area contributed by atoms with Crippen molar-refractivity contribution in [2.75, 3.05) is 0 Å². The van der Waals surface area contributed by atoms with Gasteiger partial charge in [-0.15, -0.1) is 0 Å². The molecule has 0 aromatic heterocycles. The second-order valence-electron chi connectivity index (χ2n) is 3.60. The van der Waals surface area contributed by atoms with E-state index in [1.54, 1.807) is 0 Å². The summed E-state index contributed by atoms with van der Waals surface area (Å²) in [5.74, 6) is -17.1. The number of alkyl halides is 10. The number of hydrogen-bond acceptors (Lipinski definition) is 0. The molecule has 1 atom stereocenters. The Kier molecular flexibility index (Phi) is 5.99. The van der Waals surface area contributed by atoms with Gasteiger partial charge in [0.05, 0.1) is 6.42 Å². The highest BCUT2D eigenvalue weighted by atomic mass is 35.5. The van der Waals surface area contributed by atoms with Gasteiger partial charge in [0, 0.05) is 6.08 Å². The van der Waals surface area contributed by atoms with Crippen LogP contribution in [0.5, 0.6) is 0 Å². The molecule has 0 aromatic carbocycles. The van der Waals surface area contributed by atoms with Crippen LogP contribution in [0.25, 0.3) is 0 Å². The van der Waals surface area contributed by atoms with E-state index >= 15 is 0 Å². The summed E-state index contributed by atoms with van der Waals surface area (Å²) in [5, 5.41) is -4.76. The summed E-state index contributed by atoms with van der Waals surface area (Å²) in [6.07, 6.45) is -8.73. The highest BCUT2D eigenvalue weighted by molar-refractivity contribution is 6.55. The summed E-state index contributed by atoms with van der Waals surface area (Å²) in [6.45, 7) is 0. The average Bonchev–Trinajstić information content (AvgIpc) is 2.09. The third-order valence-corrected chi connectivity index (χ3v) is 2.21. The lowest BCUT2D eigenvalue weighted by Crippen LogP contribution is -2.55. The second kappa shape index (κ2) is 6.00. The van der Waals surface area contributed by atoms with Crippen LogP contribution in [0.15, 0.2) is 10.6 Å². The number of hydrogen-bond donors (Lipinski definition) is 0. The molecule has 0 fully saturated rings. The minimum absolute atomic E-state index is 0.891. The Balaban J connectivity index is 5.45. The van der Waals surface area contributed by atoms with Crippen molar-refractivity contribution >= 4 is 34.8 Å². The Morgan fingerprint density at radius 2 is 1.35 bits per heavy atom. The average molecular weight is 377 g/mol. The zero-order chi connectivity index (χ0) is 16.6. The van der Waals surface area contributed by atoms with E-state index in [2.05, 4.69) is 34.8 Å². The van der Waals surface area contributed by atoms with Gasteiger partial charge >= 0.3 is 17.2 Å². The molecule has 12 heteroatoms. The van der Waals surface area contributed by atoms with Gasteiger partial charge in [0.25, 0.3) is 5.92 Å². The molecule has 0 rings (SSSR count). The van der Waals surface area contributed by atoms with Crippen LogP contribution in [0.3, 0.4) is 0 Å². The molecule has 0 aliphatic rings. The third kappa shape index (κ3) is 5.07. The van der Waals surface area contributed by atoms with Gasteiger partial charge in [0.1, 0.15) is 4.49 Å². The third-order valence-electron chi connectivity index (χ3n) is 1.86. The molecule has 120 valence electrons. The molecule has 0 saturated carbocycles. The minimum Gasteiger partial charge on any atom is -0.234 e. The fourth-order valence-corrected chi connectivity index (χ4v) is 1.48. The van der Waals surface area contributed by atoms with Crippen LogP contribution in [0.1, 0.15) is 6.42 Å². The fourth-order valence-electron chi connectivity index (χ4n) is 1.02. The summed E-state index contributed by atoms with van der Waals surface area (Å²) >= 11 is 13.4. The first-order chi connectivity index (χ1) is 8.53. The van der Waals surface area contributed by atoms with E-state index in [4.69, 9.17) is 0 Å². The Bertz CT molecular complexity index is 370. The maximum Gasteiger partial charge on any atom is 0.350 e. The van der Waals surface area contributed by atoms with E-state index in [0.29, 0.717) is 0 Å². The van der Waals surface area contributed by atoms with Crippen molar-refractivity contribution in [2.24, 2.45) is 0 Å². The molecule has 0 amide bonds. The molecular weight excluding hydrogens is 373 g/mol. The number of allylic oxidation sites excluding steroid dienone is 1. The Morgan fingerprint density at radius 3 is 1.65 bits per heavy atom. The number of halogens is 12. The predicted molar refractivity (Wildman–Crippen MR) is 54.9 cm³/mol. The van der Waals surface area contributed by atoms with Gasteiger partial charge in [0.15, 0.2) is 0 Å². The van der Waals surface area contributed by atoms with Crippen LogP contribution in [-0.2, 0) is 0 Å². The molecule has 0 heterocycles. The topological polar surface area (TPSA) is 0 Å². The lowest BCUT2D eigenvalue weighted by molar-refractivity contribution is -0.266. The molecular formula is C8H4Cl3F9. The second-order valence-corrected chi connectivity index (χ2v) is 5.16. The van der Waals surface area contributed by atoms with E-state index < -0.39 is 46.3 Å². The van der Waals surface area contributed by atoms with E-state index in [9.17, 15) is 39.5 Å². The van der Waals surface area contributed by atoms with E-state index in [1.165, 1.54) is 0 Å². The maximum atomic E-state index is 13.0. The van der Waals surface area contributed by atoms with Crippen molar-refractivity contribution in [3.8, 4) is 0 Å². The monoisotopic (exact) mass is 376 g/mol. The van der Waals surface area contributed by atoms with E-state index in [1.807, 2.05) is 0 Å². The van der Waals surface area contributed by atoms with Gasteiger partial charge in [-0.05, 0) is 11.6 Å². The maximum absolute atomic E-state index is 13.0. The van der Waals surface area contributed by atoms with Crippen LogP contribution >= 0.6 is 34.8 Å². The molecule has 0 aliphatic carbocycles. The summed E-state index contributed by atoms with van der Waals surface area (Å²) in [4.78, 5) is 0. The first-order valence-electron chi connectivity index (χ1n) is 4.41. The largest absolute Gasteiger partial charge is 0.350 e. The molecule has 0 nitrogen and oxygen atoms in total. The van der Waals surface area contributed by atoms with Crippen LogP contribution in [0.2, 0.25) is 0 Å². The Morgan fingerprint density at radius 1 is 0.950 bits per heavy atom. The van der Waals surface area contributed by atoms with Crippen molar-refractivity contribution in [3.63, 3.8) is 0 Å². The van der Waals surface area contributed by atoms with E-state index in [-0.39, 0.29) is 0 Å². The van der Waals surface area contributed by atoms with Gasteiger partial charge < -0.3 is 0 Å². The Hall–Kier alpha value is -0.0200. The van der Waals surface area contributed by atoms with Crippen molar-refractivity contribution in [1.82, 2.24) is 0 Å². The van der Waals surface area contributed by atoms with Gasteiger partial charge in [-0.1, -0.05) is 23.2 Å². The van der Waals surface area contributed by atoms with Crippen molar-refractivity contribution in [1.29, 1.82) is 0 Å². The molecule has 0 saturated heterocycles. The van der Waals surface area contributed by atoms with Crippen LogP contribution in [-0.4, -0.2) is 29.3 Å². The minimum atomic E-state index is -6.05. The van der Waals surface area contributed by atoms with Crippen LogP contribution in [0, 0.1) is 0 Å². The van der Waals surface area contributed by atoms with Gasteiger partial charge in [-0.25, -0.2) is 13.2 Å².